The summed E-state index contributed by atoms with van der Waals surface area (Å²) >= 11 is 1.42. The molecule has 1 aliphatic rings. The van der Waals surface area contributed by atoms with E-state index < -0.39 is 10.0 Å². The van der Waals surface area contributed by atoms with Gasteiger partial charge in [-0.15, -0.1) is 0 Å². The molecule has 4 rings (SSSR count). The van der Waals surface area contributed by atoms with Gasteiger partial charge < -0.3 is 4.90 Å². The number of nitrogens with one attached hydrogen (secondary N) is 1. The predicted molar refractivity (Wildman–Crippen MR) is 115 cm³/mol. The van der Waals surface area contributed by atoms with E-state index in [1.165, 1.54) is 15.6 Å². The number of piperazine rings is 1. The maximum absolute atomic E-state index is 12.9. The first-order chi connectivity index (χ1) is 13.8. The van der Waals surface area contributed by atoms with Crippen molar-refractivity contribution in [3.8, 4) is 0 Å². The van der Waals surface area contributed by atoms with Crippen LogP contribution < -0.4 is 5.32 Å². The molecule has 0 radical (unpaired) electrons. The van der Waals surface area contributed by atoms with Crippen LogP contribution in [0.2, 0.25) is 0 Å². The Morgan fingerprint density at radius 2 is 1.76 bits per heavy atom. The number of anilines is 1. The van der Waals surface area contributed by atoms with Crippen molar-refractivity contribution in [2.24, 2.45) is 0 Å². The molecule has 0 saturated carbocycles. The molecule has 1 fully saturated rings. The van der Waals surface area contributed by atoms with Gasteiger partial charge in [0.15, 0.2) is 5.13 Å². The number of hydrogen-bond acceptors (Lipinski definition) is 5. The van der Waals surface area contributed by atoms with Crippen molar-refractivity contribution < 1.29 is 13.2 Å². The van der Waals surface area contributed by atoms with E-state index in [0.717, 1.165) is 21.3 Å². The number of thiazole rings is 1. The zero-order valence-corrected chi connectivity index (χ0v) is 17.9. The zero-order chi connectivity index (χ0) is 20.6. The lowest BCUT2D eigenvalue weighted by Gasteiger charge is -2.33. The Morgan fingerprint density at radius 3 is 2.45 bits per heavy atom. The number of benzene rings is 2. The highest BCUT2D eigenvalue weighted by Crippen LogP contribution is 2.26. The fraction of sp³-hybridized carbons (Fsp3) is 0.300. The molecule has 2 aromatic carbocycles. The topological polar surface area (TPSA) is 82.6 Å². The minimum atomic E-state index is -3.56. The van der Waals surface area contributed by atoms with Gasteiger partial charge in [0.25, 0.3) is 0 Å². The van der Waals surface area contributed by atoms with E-state index in [1.54, 1.807) is 17.0 Å². The Labute approximate surface area is 174 Å². The van der Waals surface area contributed by atoms with Gasteiger partial charge in [0, 0.05) is 26.2 Å². The molecule has 2 amide bonds. The number of para-hydroxylation sites is 1. The van der Waals surface area contributed by atoms with Gasteiger partial charge in [0.05, 0.1) is 15.1 Å². The normalized spacial score (nSPS) is 15.6. The first-order valence-electron chi connectivity index (χ1n) is 9.33. The van der Waals surface area contributed by atoms with Crippen molar-refractivity contribution in [1.82, 2.24) is 14.2 Å². The lowest BCUT2D eigenvalue weighted by atomic mass is 10.1. The summed E-state index contributed by atoms with van der Waals surface area (Å²) in [7, 11) is -3.56. The van der Waals surface area contributed by atoms with Crippen LogP contribution in [0.1, 0.15) is 11.1 Å². The third kappa shape index (κ3) is 3.98. The molecule has 2 heterocycles. The smallest absolute Gasteiger partial charge is 0.322 e. The van der Waals surface area contributed by atoms with E-state index in [9.17, 15) is 13.2 Å². The number of sulfonamides is 1. The molecular weight excluding hydrogens is 408 g/mol. The zero-order valence-electron chi connectivity index (χ0n) is 16.3. The lowest BCUT2D eigenvalue weighted by molar-refractivity contribution is 0.184. The first kappa shape index (κ1) is 19.8. The molecule has 1 aliphatic heterocycles. The second-order valence-electron chi connectivity index (χ2n) is 7.05. The maximum Gasteiger partial charge on any atom is 0.323 e. The highest BCUT2D eigenvalue weighted by molar-refractivity contribution is 7.89. The number of amides is 2. The summed E-state index contributed by atoms with van der Waals surface area (Å²) in [6, 6.07) is 12.6. The average molecular weight is 431 g/mol. The standard InChI is InChI=1S/C20H22N4O3S2/c1-14-7-8-16(13-15(14)2)29(26,27)24-11-9-23(10-12-24)20(25)22-19-21-17-5-3-4-6-18(17)28-19/h3-8,13H,9-12H2,1-2H3,(H,21,22,25). The number of fused-ring (bicyclic) bond motifs is 1. The number of nitrogens with zero attached hydrogens (tertiary/aromatic N) is 3. The molecule has 1 N–H and O–H groups in total. The SMILES string of the molecule is Cc1ccc(S(=O)(=O)N2CCN(C(=O)Nc3nc4ccccc4s3)CC2)cc1C. The fourth-order valence-corrected chi connectivity index (χ4v) is 5.61. The molecular formula is C20H22N4O3S2. The van der Waals surface area contributed by atoms with Crippen LogP contribution in [0.4, 0.5) is 9.93 Å². The van der Waals surface area contributed by atoms with Crippen LogP contribution in [0.25, 0.3) is 10.2 Å². The van der Waals surface area contributed by atoms with Gasteiger partial charge in [-0.25, -0.2) is 18.2 Å². The van der Waals surface area contributed by atoms with E-state index in [4.69, 9.17) is 0 Å². The molecule has 0 atom stereocenters. The number of hydrogen-bond donors (Lipinski definition) is 1. The van der Waals surface area contributed by atoms with E-state index >= 15 is 0 Å². The van der Waals surface area contributed by atoms with Crippen LogP contribution in [0.3, 0.4) is 0 Å². The molecule has 0 aliphatic carbocycles. The molecule has 1 aromatic heterocycles. The second-order valence-corrected chi connectivity index (χ2v) is 10.0. The molecule has 1 saturated heterocycles. The van der Waals surface area contributed by atoms with Crippen LogP contribution >= 0.6 is 11.3 Å². The largest absolute Gasteiger partial charge is 0.323 e. The van der Waals surface area contributed by atoms with E-state index in [1.807, 2.05) is 44.2 Å². The number of aryl methyl sites for hydroxylation is 2. The highest BCUT2D eigenvalue weighted by Gasteiger charge is 2.30. The van der Waals surface area contributed by atoms with E-state index in [2.05, 4.69) is 10.3 Å². The summed E-state index contributed by atoms with van der Waals surface area (Å²) in [5.41, 5.74) is 2.84. The van der Waals surface area contributed by atoms with Crippen molar-refractivity contribution in [3.05, 3.63) is 53.6 Å². The van der Waals surface area contributed by atoms with Crippen molar-refractivity contribution in [2.75, 3.05) is 31.5 Å². The summed E-state index contributed by atoms with van der Waals surface area (Å²) in [6.45, 7) is 5.06. The third-order valence-electron chi connectivity index (χ3n) is 5.15. The van der Waals surface area contributed by atoms with Gasteiger partial charge in [-0.3, -0.25) is 5.32 Å². The van der Waals surface area contributed by atoms with Crippen LogP contribution in [0.5, 0.6) is 0 Å². The van der Waals surface area contributed by atoms with Crippen LogP contribution in [-0.4, -0.2) is 54.8 Å². The Bertz CT molecular complexity index is 1130. The Kier molecular flexibility index (Phi) is 5.28. The number of rotatable bonds is 3. The van der Waals surface area contributed by atoms with Crippen LogP contribution in [-0.2, 0) is 10.0 Å². The minimum absolute atomic E-state index is 0.257. The van der Waals surface area contributed by atoms with Crippen LogP contribution in [0.15, 0.2) is 47.4 Å². The predicted octanol–water partition coefficient (Wildman–Crippen LogP) is 3.45. The van der Waals surface area contributed by atoms with E-state index in [0.29, 0.717) is 23.1 Å². The number of aromatic nitrogens is 1. The van der Waals surface area contributed by atoms with Gasteiger partial charge in [0.2, 0.25) is 10.0 Å². The molecule has 7 nitrogen and oxygen atoms in total. The molecule has 0 bridgehead atoms. The van der Waals surface area contributed by atoms with Crippen molar-refractivity contribution in [2.45, 2.75) is 18.7 Å². The Morgan fingerprint density at radius 1 is 1.03 bits per heavy atom. The van der Waals surface area contributed by atoms with E-state index in [-0.39, 0.29) is 19.1 Å². The van der Waals surface area contributed by atoms with Gasteiger partial charge >= 0.3 is 6.03 Å². The monoisotopic (exact) mass is 430 g/mol. The van der Waals surface area contributed by atoms with Gasteiger partial charge in [-0.2, -0.15) is 4.31 Å². The minimum Gasteiger partial charge on any atom is -0.322 e. The summed E-state index contributed by atoms with van der Waals surface area (Å²) in [5, 5.41) is 3.37. The molecule has 152 valence electrons. The number of carbonyl (C=O) groups is 1. The van der Waals surface area contributed by atoms with Gasteiger partial charge in [-0.1, -0.05) is 29.5 Å². The molecule has 9 heteroatoms. The maximum atomic E-state index is 12.9. The molecule has 0 spiro atoms. The first-order valence-corrected chi connectivity index (χ1v) is 11.6. The number of urea groups is 1. The summed E-state index contributed by atoms with van der Waals surface area (Å²) < 4.78 is 28.3. The quantitative estimate of drug-likeness (QED) is 0.690. The highest BCUT2D eigenvalue weighted by atomic mass is 32.2. The lowest BCUT2D eigenvalue weighted by Crippen LogP contribution is -2.51. The Balaban J connectivity index is 1.40. The molecule has 29 heavy (non-hydrogen) atoms. The Hall–Kier alpha value is -2.49. The summed E-state index contributed by atoms with van der Waals surface area (Å²) in [6.07, 6.45) is 0. The summed E-state index contributed by atoms with van der Waals surface area (Å²) in [4.78, 5) is 18.9. The second kappa shape index (κ2) is 7.74. The summed E-state index contributed by atoms with van der Waals surface area (Å²) in [5.74, 6) is 0. The fourth-order valence-electron chi connectivity index (χ4n) is 3.25. The average Bonchev–Trinajstić information content (AvgIpc) is 3.12. The third-order valence-corrected chi connectivity index (χ3v) is 8.00. The van der Waals surface area contributed by atoms with Crippen molar-refractivity contribution in [1.29, 1.82) is 0 Å². The van der Waals surface area contributed by atoms with Crippen molar-refractivity contribution >= 4 is 42.7 Å². The number of carbonyl (C=O) groups excluding carboxylic acids is 1. The molecule has 0 unspecified atom stereocenters. The van der Waals surface area contributed by atoms with Gasteiger partial charge in [-0.05, 0) is 49.2 Å². The molecule has 3 aromatic rings. The van der Waals surface area contributed by atoms with Crippen molar-refractivity contribution in [3.63, 3.8) is 0 Å². The van der Waals surface area contributed by atoms with Gasteiger partial charge in [0.1, 0.15) is 0 Å². The van der Waals surface area contributed by atoms with Crippen LogP contribution in [0, 0.1) is 13.8 Å².